The zero-order chi connectivity index (χ0) is 38.4. The van der Waals surface area contributed by atoms with Gasteiger partial charge in [-0.3, -0.25) is 33.6 Å². The van der Waals surface area contributed by atoms with Gasteiger partial charge in [0.1, 0.15) is 42.3 Å². The predicted octanol–water partition coefficient (Wildman–Crippen LogP) is -1.92. The highest BCUT2D eigenvalue weighted by molar-refractivity contribution is 7.80. The van der Waals surface area contributed by atoms with E-state index in [1.165, 1.54) is 16.7 Å². The van der Waals surface area contributed by atoms with Crippen molar-refractivity contribution in [2.45, 2.75) is 101 Å². The van der Waals surface area contributed by atoms with E-state index in [0.29, 0.717) is 76.6 Å². The lowest BCUT2D eigenvalue weighted by atomic mass is 10.1. The SMILES string of the molecule is C[C@H](NC(=O)[C@@H]1CCCN1C(=O)[C@@H]1CCCN1C(=O)[C@@H]1CCCN1C(=O)[C@@H]1CCCN1C(=O)C1=C=CC=C1)C(=O)N[C@@H](CO)C(=O)N[C@@H](CS)C(=O)O. The van der Waals surface area contributed by atoms with Gasteiger partial charge in [-0.25, -0.2) is 4.79 Å². The van der Waals surface area contributed by atoms with Gasteiger partial charge in [-0.05, 0) is 70.4 Å². The molecule has 7 amide bonds. The molecule has 0 aromatic heterocycles. The van der Waals surface area contributed by atoms with Crippen molar-refractivity contribution < 1.29 is 48.6 Å². The topological polar surface area (TPSA) is 226 Å². The van der Waals surface area contributed by atoms with E-state index >= 15 is 0 Å². The zero-order valence-electron chi connectivity index (χ0n) is 29.6. The summed E-state index contributed by atoms with van der Waals surface area (Å²) in [5.41, 5.74) is 3.29. The van der Waals surface area contributed by atoms with Crippen molar-refractivity contribution in [2.75, 3.05) is 38.5 Å². The summed E-state index contributed by atoms with van der Waals surface area (Å²) in [6, 6.07) is -7.23. The Kier molecular flexibility index (Phi) is 13.0. The minimum atomic E-state index is -1.49. The van der Waals surface area contributed by atoms with Crippen molar-refractivity contribution in [1.29, 1.82) is 0 Å². The van der Waals surface area contributed by atoms with Crippen LogP contribution in [0.1, 0.15) is 58.3 Å². The molecule has 18 heteroatoms. The van der Waals surface area contributed by atoms with E-state index in [-0.39, 0.29) is 30.0 Å². The number of rotatable bonds is 13. The maximum Gasteiger partial charge on any atom is 0.327 e. The molecule has 17 nitrogen and oxygen atoms in total. The standard InChI is InChI=1S/C35H47N7O10S/c1-20(28(44)37-22(18-43)29(45)38-23(19-53)35(51)52)36-30(46)24-10-4-14-39(24)32(48)26-12-6-16-41(26)34(50)27-13-7-17-42(27)33(49)25-11-5-15-40(25)31(47)21-8-2-3-9-21/h2-3,8,20,22-27,43,53H,4-7,10-19H2,1H3,(H,36,46)(H,37,44)(H,38,45)(H,51,52)/t20-,22-,23-,24-,25-,26-,27-/m0/s1. The minimum Gasteiger partial charge on any atom is -0.480 e. The van der Waals surface area contributed by atoms with E-state index in [4.69, 9.17) is 5.11 Å². The van der Waals surface area contributed by atoms with Crippen molar-refractivity contribution >= 4 is 59.9 Å². The Morgan fingerprint density at radius 1 is 0.736 bits per heavy atom. The maximum atomic E-state index is 14.1. The fraction of sp³-hybridized carbons (Fsp3) is 0.629. The molecule has 4 fully saturated rings. The number of thiol groups is 1. The van der Waals surface area contributed by atoms with Gasteiger partial charge in [0.2, 0.25) is 35.4 Å². The summed E-state index contributed by atoms with van der Waals surface area (Å²) in [4.78, 5) is 111. The van der Waals surface area contributed by atoms with E-state index in [1.807, 2.05) is 0 Å². The molecular weight excluding hydrogens is 710 g/mol. The first kappa shape index (κ1) is 39.5. The largest absolute Gasteiger partial charge is 0.480 e. The lowest BCUT2D eigenvalue weighted by Gasteiger charge is -2.35. The average Bonchev–Trinajstić information content (AvgIpc) is 4.00. The van der Waals surface area contributed by atoms with Gasteiger partial charge in [0.15, 0.2) is 0 Å². The van der Waals surface area contributed by atoms with Crippen LogP contribution in [0.5, 0.6) is 0 Å². The molecule has 4 saturated heterocycles. The molecule has 5 aliphatic rings. The van der Waals surface area contributed by atoms with Gasteiger partial charge in [0, 0.05) is 31.9 Å². The van der Waals surface area contributed by atoms with Gasteiger partial charge >= 0.3 is 5.97 Å². The van der Waals surface area contributed by atoms with E-state index in [0.717, 1.165) is 0 Å². The molecule has 1 aliphatic carbocycles. The summed E-state index contributed by atoms with van der Waals surface area (Å²) in [5.74, 6) is -5.21. The summed E-state index contributed by atoms with van der Waals surface area (Å²) in [6.45, 7) is 1.91. The molecule has 0 unspecified atom stereocenters. The molecule has 4 heterocycles. The van der Waals surface area contributed by atoms with Crippen molar-refractivity contribution in [1.82, 2.24) is 35.6 Å². The van der Waals surface area contributed by atoms with Crippen molar-refractivity contribution in [3.8, 4) is 0 Å². The lowest BCUT2D eigenvalue weighted by molar-refractivity contribution is -0.152. The number of aliphatic hydroxyl groups is 1. The number of likely N-dealkylation sites (tertiary alicyclic amines) is 4. The number of carboxylic acids is 1. The second-order valence-electron chi connectivity index (χ2n) is 13.9. The quantitative estimate of drug-likeness (QED) is 0.0903. The second kappa shape index (κ2) is 17.4. The first-order chi connectivity index (χ1) is 25.4. The molecule has 0 aromatic carbocycles. The Hall–Kier alpha value is -4.67. The lowest BCUT2D eigenvalue weighted by Crippen LogP contribution is -2.59. The number of aliphatic hydroxyl groups excluding tert-OH is 1. The third-order valence-corrected chi connectivity index (χ3v) is 10.8. The van der Waals surface area contributed by atoms with Crippen LogP contribution in [0.4, 0.5) is 0 Å². The summed E-state index contributed by atoms with van der Waals surface area (Å²) in [6.07, 6.45) is 8.99. The number of hydrogen-bond donors (Lipinski definition) is 6. The molecule has 7 atom stereocenters. The minimum absolute atomic E-state index is 0.223. The molecular formula is C35H47N7O10S. The number of allylic oxidation sites excluding steroid dienone is 1. The smallest absolute Gasteiger partial charge is 0.327 e. The number of aliphatic carboxylic acids is 1. The highest BCUT2D eigenvalue weighted by Gasteiger charge is 2.48. The zero-order valence-corrected chi connectivity index (χ0v) is 30.5. The molecule has 288 valence electrons. The molecule has 5 N–H and O–H groups in total. The molecule has 0 saturated carbocycles. The van der Waals surface area contributed by atoms with Gasteiger partial charge in [0.25, 0.3) is 5.91 Å². The van der Waals surface area contributed by atoms with Gasteiger partial charge < -0.3 is 45.8 Å². The van der Waals surface area contributed by atoms with Gasteiger partial charge in [-0.1, -0.05) is 6.08 Å². The number of carbonyl (C=O) groups excluding carboxylic acids is 7. The number of carbonyl (C=O) groups is 8. The molecule has 53 heavy (non-hydrogen) atoms. The van der Waals surface area contributed by atoms with Crippen LogP contribution < -0.4 is 16.0 Å². The molecule has 4 aliphatic heterocycles. The van der Waals surface area contributed by atoms with Gasteiger partial charge in [-0.2, -0.15) is 12.6 Å². The molecule has 5 rings (SSSR count). The van der Waals surface area contributed by atoms with Crippen LogP contribution in [-0.4, -0.2) is 158 Å². The first-order valence-corrected chi connectivity index (χ1v) is 18.7. The molecule has 0 aromatic rings. The van der Waals surface area contributed by atoms with E-state index in [2.05, 4.69) is 34.3 Å². The Bertz CT molecular complexity index is 1610. The number of nitrogens with zero attached hydrogens (tertiary/aromatic N) is 4. The van der Waals surface area contributed by atoms with Crippen molar-refractivity contribution in [3.63, 3.8) is 0 Å². The summed E-state index contributed by atoms with van der Waals surface area (Å²) < 4.78 is 0. The average molecular weight is 758 g/mol. The van der Waals surface area contributed by atoms with Gasteiger partial charge in [0.05, 0.1) is 12.2 Å². The highest BCUT2D eigenvalue weighted by atomic mass is 32.1. The summed E-state index contributed by atoms with van der Waals surface area (Å²) in [7, 11) is 0. The summed E-state index contributed by atoms with van der Waals surface area (Å²) >= 11 is 3.87. The first-order valence-electron chi connectivity index (χ1n) is 18.1. The Labute approximate surface area is 312 Å². The highest BCUT2D eigenvalue weighted by Crippen LogP contribution is 2.31. The Balaban J connectivity index is 1.19. The Morgan fingerprint density at radius 3 is 1.68 bits per heavy atom. The van der Waals surface area contributed by atoms with Crippen LogP contribution in [0, 0.1) is 0 Å². The number of nitrogens with one attached hydrogen (secondary N) is 3. The van der Waals surface area contributed by atoms with Crippen LogP contribution in [0.15, 0.2) is 29.5 Å². The second-order valence-corrected chi connectivity index (χ2v) is 14.2. The number of amides is 7. The van der Waals surface area contributed by atoms with Gasteiger partial charge in [-0.15, -0.1) is 5.73 Å². The molecule has 0 bridgehead atoms. The normalized spacial score (nSPS) is 25.2. The number of hydrogen-bond acceptors (Lipinski definition) is 10. The molecule has 0 spiro atoms. The van der Waals surface area contributed by atoms with Crippen LogP contribution in [0.3, 0.4) is 0 Å². The van der Waals surface area contributed by atoms with Crippen LogP contribution in [0.2, 0.25) is 0 Å². The van der Waals surface area contributed by atoms with E-state index < -0.39 is 78.5 Å². The third kappa shape index (κ3) is 8.60. The van der Waals surface area contributed by atoms with E-state index in [1.54, 1.807) is 28.0 Å². The summed E-state index contributed by atoms with van der Waals surface area (Å²) in [5, 5.41) is 25.8. The predicted molar refractivity (Wildman–Crippen MR) is 190 cm³/mol. The fourth-order valence-electron chi connectivity index (χ4n) is 7.66. The third-order valence-electron chi connectivity index (χ3n) is 10.5. The number of carboxylic acid groups (broad SMARTS) is 1. The van der Waals surface area contributed by atoms with Crippen molar-refractivity contribution in [3.05, 3.63) is 29.5 Å². The fourth-order valence-corrected chi connectivity index (χ4v) is 7.91. The molecule has 0 radical (unpaired) electrons. The Morgan fingerprint density at radius 2 is 1.21 bits per heavy atom. The van der Waals surface area contributed by atoms with Crippen LogP contribution in [-0.2, 0) is 38.4 Å². The van der Waals surface area contributed by atoms with Crippen molar-refractivity contribution in [2.24, 2.45) is 0 Å². The van der Waals surface area contributed by atoms with E-state index in [9.17, 15) is 43.5 Å². The maximum absolute atomic E-state index is 14.1. The van der Waals surface area contributed by atoms with Crippen LogP contribution >= 0.6 is 12.6 Å². The van der Waals surface area contributed by atoms with Crippen LogP contribution in [0.25, 0.3) is 0 Å². The monoisotopic (exact) mass is 757 g/mol.